The van der Waals surface area contributed by atoms with Crippen LogP contribution >= 0.6 is 0 Å². The number of anilines is 2. The van der Waals surface area contributed by atoms with Crippen LogP contribution in [0.5, 0.6) is 0 Å². The van der Waals surface area contributed by atoms with Gasteiger partial charge in [-0.1, -0.05) is 6.07 Å². The predicted octanol–water partition coefficient (Wildman–Crippen LogP) is 2.15. The molecule has 0 bridgehead atoms. The third-order valence-corrected chi connectivity index (χ3v) is 2.48. The van der Waals surface area contributed by atoms with Gasteiger partial charge < -0.3 is 10.2 Å². The van der Waals surface area contributed by atoms with Crippen LogP contribution in [-0.2, 0) is 6.54 Å². The van der Waals surface area contributed by atoms with Gasteiger partial charge in [0.05, 0.1) is 12.2 Å². The topological polar surface area (TPSA) is 41.0 Å². The largest absolute Gasteiger partial charge is 0.379 e. The molecule has 0 spiro atoms. The molecule has 0 aliphatic carbocycles. The van der Waals surface area contributed by atoms with Gasteiger partial charge in [0.25, 0.3) is 0 Å². The van der Waals surface area contributed by atoms with Crippen LogP contribution < -0.4 is 10.2 Å². The van der Waals surface area contributed by atoms with E-state index in [4.69, 9.17) is 0 Å². The maximum absolute atomic E-state index is 4.17. The normalized spacial score (nSPS) is 10.0. The molecule has 17 heavy (non-hydrogen) atoms. The average molecular weight is 228 g/mol. The van der Waals surface area contributed by atoms with Crippen molar-refractivity contribution in [1.82, 2.24) is 9.97 Å². The van der Waals surface area contributed by atoms with E-state index < -0.39 is 0 Å². The van der Waals surface area contributed by atoms with Crippen LogP contribution in [0.2, 0.25) is 0 Å². The molecule has 1 N–H and O–H groups in total. The Kier molecular flexibility index (Phi) is 3.55. The molecule has 2 rings (SSSR count). The van der Waals surface area contributed by atoms with E-state index in [-0.39, 0.29) is 0 Å². The Bertz CT molecular complexity index is 468. The van der Waals surface area contributed by atoms with Gasteiger partial charge in [0, 0.05) is 31.7 Å². The fraction of sp³-hybridized carbons (Fsp3) is 0.231. The zero-order valence-electron chi connectivity index (χ0n) is 10.1. The maximum atomic E-state index is 4.17. The van der Waals surface area contributed by atoms with Crippen LogP contribution in [0.3, 0.4) is 0 Å². The molecule has 4 nitrogen and oxygen atoms in total. The van der Waals surface area contributed by atoms with Gasteiger partial charge in [-0.05, 0) is 24.3 Å². The summed E-state index contributed by atoms with van der Waals surface area (Å²) in [6.07, 6.45) is 3.31. The van der Waals surface area contributed by atoms with Crippen molar-refractivity contribution in [3.8, 4) is 0 Å². The lowest BCUT2D eigenvalue weighted by Gasteiger charge is -2.14. The molecule has 0 amide bonds. The van der Waals surface area contributed by atoms with E-state index in [0.717, 1.165) is 11.4 Å². The summed E-state index contributed by atoms with van der Waals surface area (Å²) >= 11 is 0. The Morgan fingerprint density at radius 1 is 1.24 bits per heavy atom. The van der Waals surface area contributed by atoms with E-state index in [1.165, 1.54) is 5.69 Å². The van der Waals surface area contributed by atoms with Crippen molar-refractivity contribution in [3.63, 3.8) is 0 Å². The van der Waals surface area contributed by atoms with Crippen LogP contribution in [0.1, 0.15) is 5.69 Å². The number of nitrogens with one attached hydrogen (secondary N) is 1. The highest BCUT2D eigenvalue weighted by atomic mass is 15.1. The van der Waals surface area contributed by atoms with Crippen LogP contribution in [0.25, 0.3) is 0 Å². The highest BCUT2D eigenvalue weighted by molar-refractivity contribution is 5.57. The predicted molar refractivity (Wildman–Crippen MR) is 70.1 cm³/mol. The van der Waals surface area contributed by atoms with E-state index in [9.17, 15) is 0 Å². The van der Waals surface area contributed by atoms with Crippen molar-refractivity contribution in [2.75, 3.05) is 24.3 Å². The molecule has 0 aliphatic heterocycles. The van der Waals surface area contributed by atoms with Gasteiger partial charge in [0.1, 0.15) is 6.33 Å². The van der Waals surface area contributed by atoms with E-state index >= 15 is 0 Å². The molecule has 1 aromatic carbocycles. The SMILES string of the molecule is CN(C)c1cccc(NCc2ccncn2)c1. The first-order valence-corrected chi connectivity index (χ1v) is 5.52. The van der Waals surface area contributed by atoms with Crippen molar-refractivity contribution in [1.29, 1.82) is 0 Å². The lowest BCUT2D eigenvalue weighted by Crippen LogP contribution is -2.09. The summed E-state index contributed by atoms with van der Waals surface area (Å²) < 4.78 is 0. The smallest absolute Gasteiger partial charge is 0.115 e. The van der Waals surface area contributed by atoms with Gasteiger partial charge in [-0.2, -0.15) is 0 Å². The minimum atomic E-state index is 0.708. The Hall–Kier alpha value is -2.10. The van der Waals surface area contributed by atoms with Gasteiger partial charge in [0.2, 0.25) is 0 Å². The number of hydrogen-bond donors (Lipinski definition) is 1. The Labute approximate surface area is 101 Å². The molecule has 1 heterocycles. The molecule has 1 aromatic heterocycles. The molecule has 0 unspecified atom stereocenters. The molecular formula is C13H16N4. The lowest BCUT2D eigenvalue weighted by molar-refractivity contribution is 1.01. The van der Waals surface area contributed by atoms with Crippen molar-refractivity contribution in [3.05, 3.63) is 48.5 Å². The van der Waals surface area contributed by atoms with Crippen LogP contribution in [0, 0.1) is 0 Å². The molecular weight excluding hydrogens is 212 g/mol. The number of aromatic nitrogens is 2. The van der Waals surface area contributed by atoms with Crippen molar-refractivity contribution in [2.24, 2.45) is 0 Å². The van der Waals surface area contributed by atoms with E-state index in [2.05, 4.69) is 32.3 Å². The van der Waals surface area contributed by atoms with Crippen LogP contribution in [0.4, 0.5) is 11.4 Å². The van der Waals surface area contributed by atoms with Crippen LogP contribution in [-0.4, -0.2) is 24.1 Å². The summed E-state index contributed by atoms with van der Waals surface area (Å²) in [4.78, 5) is 10.1. The van der Waals surface area contributed by atoms with Gasteiger partial charge in [-0.25, -0.2) is 9.97 Å². The van der Waals surface area contributed by atoms with Crippen molar-refractivity contribution >= 4 is 11.4 Å². The Morgan fingerprint density at radius 2 is 2.12 bits per heavy atom. The standard InChI is InChI=1S/C13H16N4/c1-17(2)13-5-3-4-11(8-13)15-9-12-6-7-14-10-16-12/h3-8,10,15H,9H2,1-2H3. The molecule has 0 radical (unpaired) electrons. The zero-order valence-corrected chi connectivity index (χ0v) is 10.1. The van der Waals surface area contributed by atoms with Crippen molar-refractivity contribution in [2.45, 2.75) is 6.54 Å². The van der Waals surface area contributed by atoms with Gasteiger partial charge in [-0.15, -0.1) is 0 Å². The van der Waals surface area contributed by atoms with Crippen molar-refractivity contribution < 1.29 is 0 Å². The minimum Gasteiger partial charge on any atom is -0.379 e. The molecule has 0 aliphatic rings. The summed E-state index contributed by atoms with van der Waals surface area (Å²) in [6, 6.07) is 10.2. The molecule has 0 fully saturated rings. The summed E-state index contributed by atoms with van der Waals surface area (Å²) in [7, 11) is 4.06. The van der Waals surface area contributed by atoms with Gasteiger partial charge in [-0.3, -0.25) is 0 Å². The second kappa shape index (κ2) is 5.30. The second-order valence-electron chi connectivity index (χ2n) is 4.00. The van der Waals surface area contributed by atoms with E-state index in [1.54, 1.807) is 12.5 Å². The highest BCUT2D eigenvalue weighted by Gasteiger charge is 1.98. The Balaban J connectivity index is 2.02. The van der Waals surface area contributed by atoms with Gasteiger partial charge in [0.15, 0.2) is 0 Å². The third kappa shape index (κ3) is 3.17. The average Bonchev–Trinajstić information content (AvgIpc) is 2.38. The molecule has 2 aromatic rings. The first-order chi connectivity index (χ1) is 8.25. The van der Waals surface area contributed by atoms with Gasteiger partial charge >= 0.3 is 0 Å². The first-order valence-electron chi connectivity index (χ1n) is 5.52. The number of hydrogen-bond acceptors (Lipinski definition) is 4. The molecule has 0 saturated carbocycles. The third-order valence-electron chi connectivity index (χ3n) is 2.48. The first kappa shape index (κ1) is 11.4. The fourth-order valence-corrected chi connectivity index (χ4v) is 1.51. The maximum Gasteiger partial charge on any atom is 0.115 e. The van der Waals surface area contributed by atoms with E-state index in [0.29, 0.717) is 6.54 Å². The lowest BCUT2D eigenvalue weighted by atomic mass is 10.2. The second-order valence-corrected chi connectivity index (χ2v) is 4.00. The zero-order chi connectivity index (χ0) is 12.1. The molecule has 0 atom stereocenters. The fourth-order valence-electron chi connectivity index (χ4n) is 1.51. The number of rotatable bonds is 4. The highest BCUT2D eigenvalue weighted by Crippen LogP contribution is 2.17. The summed E-state index contributed by atoms with van der Waals surface area (Å²) in [6.45, 7) is 0.708. The summed E-state index contributed by atoms with van der Waals surface area (Å²) in [5, 5.41) is 3.34. The minimum absolute atomic E-state index is 0.708. The summed E-state index contributed by atoms with van der Waals surface area (Å²) in [5.41, 5.74) is 3.25. The quantitative estimate of drug-likeness (QED) is 0.870. The molecule has 0 saturated heterocycles. The number of nitrogens with zero attached hydrogens (tertiary/aromatic N) is 3. The molecule has 88 valence electrons. The number of benzene rings is 1. The molecule has 4 heteroatoms. The summed E-state index contributed by atoms with van der Waals surface area (Å²) in [5.74, 6) is 0. The monoisotopic (exact) mass is 228 g/mol. The Morgan fingerprint density at radius 3 is 2.82 bits per heavy atom. The van der Waals surface area contributed by atoms with E-state index in [1.807, 2.05) is 32.3 Å². The van der Waals surface area contributed by atoms with Crippen LogP contribution in [0.15, 0.2) is 42.9 Å².